The highest BCUT2D eigenvalue weighted by Gasteiger charge is 2.07. The Morgan fingerprint density at radius 2 is 2.20 bits per heavy atom. The Morgan fingerprint density at radius 3 is 2.87 bits per heavy atom. The van der Waals surface area contributed by atoms with Gasteiger partial charge >= 0.3 is 6.09 Å². The van der Waals surface area contributed by atoms with Gasteiger partial charge in [-0.05, 0) is 6.07 Å². The molecule has 0 saturated carbocycles. The van der Waals surface area contributed by atoms with Gasteiger partial charge in [-0.15, -0.1) is 11.3 Å². The maximum atomic E-state index is 10.6. The molecule has 0 radical (unpaired) electrons. The number of hydrogen-bond donors (Lipinski definition) is 2. The van der Waals surface area contributed by atoms with Crippen molar-refractivity contribution in [3.8, 4) is 10.4 Å². The molecule has 0 aliphatic rings. The monoisotopic (exact) mass is 220 g/mol. The van der Waals surface area contributed by atoms with Crippen LogP contribution in [0.2, 0.25) is 0 Å². The van der Waals surface area contributed by atoms with Gasteiger partial charge < -0.3 is 5.11 Å². The molecular weight excluding hydrogens is 212 g/mol. The average molecular weight is 220 g/mol. The summed E-state index contributed by atoms with van der Waals surface area (Å²) in [5, 5.41) is 11.0. The second kappa shape index (κ2) is 4.10. The number of aromatic nitrogens is 1. The lowest BCUT2D eigenvalue weighted by Crippen LogP contribution is -2.07. The zero-order valence-corrected chi connectivity index (χ0v) is 8.49. The fourth-order valence-electron chi connectivity index (χ4n) is 1.27. The molecule has 1 heterocycles. The number of carbonyl (C=O) groups is 1. The van der Waals surface area contributed by atoms with Crippen molar-refractivity contribution in [2.75, 3.05) is 5.32 Å². The van der Waals surface area contributed by atoms with Crippen LogP contribution in [0.3, 0.4) is 0 Å². The Labute approximate surface area is 90.2 Å². The number of hydrogen-bond acceptors (Lipinski definition) is 3. The number of nitrogens with zero attached hydrogens (tertiary/aromatic N) is 1. The first-order valence-corrected chi connectivity index (χ1v) is 5.13. The van der Waals surface area contributed by atoms with E-state index in [0.717, 1.165) is 10.4 Å². The predicted octanol–water partition coefficient (Wildman–Crippen LogP) is 2.90. The molecule has 0 atom stereocenters. The maximum absolute atomic E-state index is 10.6. The van der Waals surface area contributed by atoms with Crippen LogP contribution >= 0.6 is 11.3 Å². The van der Waals surface area contributed by atoms with Crippen molar-refractivity contribution in [3.05, 3.63) is 36.0 Å². The Morgan fingerprint density at radius 1 is 1.40 bits per heavy atom. The molecule has 5 heteroatoms. The lowest BCUT2D eigenvalue weighted by Gasteiger charge is -2.05. The van der Waals surface area contributed by atoms with Crippen molar-refractivity contribution in [2.24, 2.45) is 0 Å². The fraction of sp³-hybridized carbons (Fsp3) is 0. The van der Waals surface area contributed by atoms with Crippen molar-refractivity contribution < 1.29 is 9.90 Å². The smallest absolute Gasteiger partial charge is 0.409 e. The molecule has 0 bridgehead atoms. The zero-order chi connectivity index (χ0) is 10.7. The Kier molecular flexibility index (Phi) is 2.64. The molecule has 0 unspecified atom stereocenters. The Balaban J connectivity index is 2.42. The summed E-state index contributed by atoms with van der Waals surface area (Å²) in [4.78, 5) is 15.5. The van der Waals surface area contributed by atoms with E-state index >= 15 is 0 Å². The number of carboxylic acid groups (broad SMARTS) is 1. The topological polar surface area (TPSA) is 62.2 Å². The molecule has 2 aromatic rings. The van der Waals surface area contributed by atoms with Crippen LogP contribution in [-0.4, -0.2) is 16.2 Å². The number of amides is 1. The van der Waals surface area contributed by atoms with Crippen LogP contribution in [-0.2, 0) is 0 Å². The largest absolute Gasteiger partial charge is 0.465 e. The van der Waals surface area contributed by atoms with Crippen LogP contribution in [0, 0.1) is 0 Å². The van der Waals surface area contributed by atoms with Gasteiger partial charge in [0.05, 0.1) is 16.1 Å². The summed E-state index contributed by atoms with van der Waals surface area (Å²) < 4.78 is 0. The van der Waals surface area contributed by atoms with E-state index in [1.165, 1.54) is 11.3 Å². The summed E-state index contributed by atoms with van der Waals surface area (Å²) in [6, 6.07) is 7.24. The van der Waals surface area contributed by atoms with Crippen LogP contribution in [0.5, 0.6) is 0 Å². The van der Waals surface area contributed by atoms with Gasteiger partial charge in [-0.25, -0.2) is 4.79 Å². The van der Waals surface area contributed by atoms with Gasteiger partial charge in [0, 0.05) is 11.8 Å². The molecular formula is C10H8N2O2S. The van der Waals surface area contributed by atoms with E-state index < -0.39 is 6.09 Å². The molecule has 1 aromatic heterocycles. The van der Waals surface area contributed by atoms with E-state index in [1.807, 2.05) is 12.1 Å². The molecule has 0 aliphatic heterocycles. The van der Waals surface area contributed by atoms with Gasteiger partial charge in [-0.2, -0.15) is 0 Å². The molecule has 1 aromatic carbocycles. The number of nitrogens with one attached hydrogen (secondary N) is 1. The summed E-state index contributed by atoms with van der Waals surface area (Å²) in [5.74, 6) is 0. The third-order valence-corrected chi connectivity index (χ3v) is 2.67. The van der Waals surface area contributed by atoms with Crippen molar-refractivity contribution in [1.82, 2.24) is 4.98 Å². The molecule has 2 N–H and O–H groups in total. The van der Waals surface area contributed by atoms with Gasteiger partial charge in [0.25, 0.3) is 0 Å². The number of rotatable bonds is 2. The summed E-state index contributed by atoms with van der Waals surface area (Å²) in [6.45, 7) is 0. The lowest BCUT2D eigenvalue weighted by molar-refractivity contribution is 0.210. The highest BCUT2D eigenvalue weighted by molar-refractivity contribution is 7.13. The normalized spacial score (nSPS) is 9.87. The van der Waals surface area contributed by atoms with Crippen molar-refractivity contribution in [2.45, 2.75) is 0 Å². The molecule has 15 heavy (non-hydrogen) atoms. The van der Waals surface area contributed by atoms with Crippen LogP contribution in [0.15, 0.2) is 36.0 Å². The standard InChI is InChI=1S/C10H8N2O2S/c13-10(14)12-8-4-2-1-3-7(8)9-5-11-6-15-9/h1-6,12H,(H,13,14). The van der Waals surface area contributed by atoms with E-state index in [-0.39, 0.29) is 0 Å². The minimum absolute atomic E-state index is 0.578. The van der Waals surface area contributed by atoms with Gasteiger partial charge in [0.1, 0.15) is 0 Å². The first kappa shape index (κ1) is 9.67. The molecule has 2 rings (SSSR count). The highest BCUT2D eigenvalue weighted by Crippen LogP contribution is 2.30. The average Bonchev–Trinajstić information content (AvgIpc) is 2.70. The SMILES string of the molecule is O=C(O)Nc1ccccc1-c1cncs1. The first-order valence-electron chi connectivity index (χ1n) is 4.25. The van der Waals surface area contributed by atoms with E-state index in [2.05, 4.69) is 10.3 Å². The van der Waals surface area contributed by atoms with E-state index in [1.54, 1.807) is 23.8 Å². The minimum atomic E-state index is -1.06. The van der Waals surface area contributed by atoms with Gasteiger partial charge in [-0.3, -0.25) is 10.3 Å². The number of anilines is 1. The third kappa shape index (κ3) is 2.13. The fourth-order valence-corrected chi connectivity index (χ4v) is 1.93. The van der Waals surface area contributed by atoms with Crippen LogP contribution in [0.25, 0.3) is 10.4 Å². The lowest BCUT2D eigenvalue weighted by atomic mass is 10.1. The van der Waals surface area contributed by atoms with Crippen LogP contribution < -0.4 is 5.32 Å². The Hall–Kier alpha value is -1.88. The molecule has 0 fully saturated rings. The summed E-state index contributed by atoms with van der Waals surface area (Å²) in [5.41, 5.74) is 3.14. The van der Waals surface area contributed by atoms with E-state index in [0.29, 0.717) is 5.69 Å². The van der Waals surface area contributed by atoms with Gasteiger partial charge in [0.15, 0.2) is 0 Å². The summed E-state index contributed by atoms with van der Waals surface area (Å²) >= 11 is 1.47. The summed E-state index contributed by atoms with van der Waals surface area (Å²) in [6.07, 6.45) is 0.652. The van der Waals surface area contributed by atoms with Crippen molar-refractivity contribution in [3.63, 3.8) is 0 Å². The van der Waals surface area contributed by atoms with Gasteiger partial charge in [-0.1, -0.05) is 18.2 Å². The summed E-state index contributed by atoms with van der Waals surface area (Å²) in [7, 11) is 0. The molecule has 0 aliphatic carbocycles. The Bertz CT molecular complexity index is 468. The molecule has 76 valence electrons. The minimum Gasteiger partial charge on any atom is -0.465 e. The molecule has 4 nitrogen and oxygen atoms in total. The quantitative estimate of drug-likeness (QED) is 0.818. The number of benzene rings is 1. The predicted molar refractivity (Wildman–Crippen MR) is 59.2 cm³/mol. The zero-order valence-electron chi connectivity index (χ0n) is 7.68. The molecule has 0 spiro atoms. The van der Waals surface area contributed by atoms with Crippen LogP contribution in [0.1, 0.15) is 0 Å². The molecule has 1 amide bonds. The van der Waals surface area contributed by atoms with E-state index in [4.69, 9.17) is 5.11 Å². The second-order valence-corrected chi connectivity index (χ2v) is 3.73. The first-order chi connectivity index (χ1) is 7.27. The van der Waals surface area contributed by atoms with E-state index in [9.17, 15) is 4.79 Å². The highest BCUT2D eigenvalue weighted by atomic mass is 32.1. The van der Waals surface area contributed by atoms with Crippen molar-refractivity contribution >= 4 is 23.1 Å². The number of para-hydroxylation sites is 1. The van der Waals surface area contributed by atoms with Gasteiger partial charge in [0.2, 0.25) is 0 Å². The van der Waals surface area contributed by atoms with Crippen LogP contribution in [0.4, 0.5) is 10.5 Å². The third-order valence-electron chi connectivity index (χ3n) is 1.87. The second-order valence-electron chi connectivity index (χ2n) is 2.84. The number of thiazole rings is 1. The molecule has 0 saturated heterocycles. The maximum Gasteiger partial charge on any atom is 0.409 e. The van der Waals surface area contributed by atoms with Crippen molar-refractivity contribution in [1.29, 1.82) is 0 Å².